The zero-order valence-corrected chi connectivity index (χ0v) is 11.9. The SMILES string of the molecule is CC(=O)N1CCC(NCc2ccc(F)cc2)CC1.Cl. The molecule has 5 heteroatoms. The average Bonchev–Trinajstić information content (AvgIpc) is 2.38. The second kappa shape index (κ2) is 7.46. The van der Waals surface area contributed by atoms with Gasteiger partial charge >= 0.3 is 0 Å². The molecule has 2 rings (SSSR count). The fourth-order valence-corrected chi connectivity index (χ4v) is 2.26. The lowest BCUT2D eigenvalue weighted by atomic mass is 10.0. The molecule has 0 aliphatic carbocycles. The van der Waals surface area contributed by atoms with Gasteiger partial charge in [0, 0.05) is 32.6 Å². The highest BCUT2D eigenvalue weighted by molar-refractivity contribution is 5.85. The van der Waals surface area contributed by atoms with Gasteiger partial charge in [-0.3, -0.25) is 4.79 Å². The van der Waals surface area contributed by atoms with Crippen molar-refractivity contribution in [3.63, 3.8) is 0 Å². The van der Waals surface area contributed by atoms with Gasteiger partial charge in [-0.05, 0) is 30.5 Å². The normalized spacial score (nSPS) is 16.0. The maximum absolute atomic E-state index is 12.7. The molecular formula is C14H20ClFN2O. The van der Waals surface area contributed by atoms with Crippen molar-refractivity contribution in [1.82, 2.24) is 10.2 Å². The number of halogens is 2. The molecule has 1 aliphatic rings. The van der Waals surface area contributed by atoms with Gasteiger partial charge in [-0.15, -0.1) is 12.4 Å². The van der Waals surface area contributed by atoms with Crippen molar-refractivity contribution in [3.05, 3.63) is 35.6 Å². The van der Waals surface area contributed by atoms with Crippen LogP contribution in [-0.4, -0.2) is 29.9 Å². The molecule has 1 N–H and O–H groups in total. The third kappa shape index (κ3) is 4.80. The van der Waals surface area contributed by atoms with Gasteiger partial charge in [-0.25, -0.2) is 4.39 Å². The molecule has 0 spiro atoms. The molecule has 0 radical (unpaired) electrons. The molecule has 0 unspecified atom stereocenters. The summed E-state index contributed by atoms with van der Waals surface area (Å²) in [6.07, 6.45) is 1.97. The van der Waals surface area contributed by atoms with Crippen LogP contribution in [0.2, 0.25) is 0 Å². The third-order valence-electron chi connectivity index (χ3n) is 3.45. The zero-order chi connectivity index (χ0) is 13.0. The highest BCUT2D eigenvalue weighted by Crippen LogP contribution is 2.11. The Morgan fingerprint density at radius 3 is 2.42 bits per heavy atom. The zero-order valence-electron chi connectivity index (χ0n) is 11.1. The molecule has 106 valence electrons. The maximum atomic E-state index is 12.7. The van der Waals surface area contributed by atoms with Crippen molar-refractivity contribution in [2.75, 3.05) is 13.1 Å². The summed E-state index contributed by atoms with van der Waals surface area (Å²) in [7, 11) is 0. The molecule has 1 fully saturated rings. The first-order chi connectivity index (χ1) is 8.65. The van der Waals surface area contributed by atoms with Crippen molar-refractivity contribution in [2.24, 2.45) is 0 Å². The van der Waals surface area contributed by atoms with E-state index in [0.717, 1.165) is 38.0 Å². The molecule has 19 heavy (non-hydrogen) atoms. The van der Waals surface area contributed by atoms with Crippen LogP contribution in [0.4, 0.5) is 4.39 Å². The van der Waals surface area contributed by atoms with Crippen molar-refractivity contribution in [3.8, 4) is 0 Å². The van der Waals surface area contributed by atoms with Crippen LogP contribution in [0.15, 0.2) is 24.3 Å². The van der Waals surface area contributed by atoms with Crippen molar-refractivity contribution in [2.45, 2.75) is 32.4 Å². The van der Waals surface area contributed by atoms with Crippen LogP contribution in [0, 0.1) is 5.82 Å². The summed E-state index contributed by atoms with van der Waals surface area (Å²) < 4.78 is 12.7. The summed E-state index contributed by atoms with van der Waals surface area (Å²) in [5.74, 6) is -0.0412. The van der Waals surface area contributed by atoms with E-state index < -0.39 is 0 Å². The molecule has 0 saturated carbocycles. The lowest BCUT2D eigenvalue weighted by Crippen LogP contribution is -2.43. The Morgan fingerprint density at radius 1 is 1.32 bits per heavy atom. The second-order valence-corrected chi connectivity index (χ2v) is 4.79. The van der Waals surface area contributed by atoms with E-state index in [-0.39, 0.29) is 24.1 Å². The van der Waals surface area contributed by atoms with Gasteiger partial charge in [-0.2, -0.15) is 0 Å². The molecule has 1 heterocycles. The molecule has 0 atom stereocenters. The van der Waals surface area contributed by atoms with E-state index in [0.29, 0.717) is 6.04 Å². The summed E-state index contributed by atoms with van der Waals surface area (Å²) in [4.78, 5) is 13.1. The highest BCUT2D eigenvalue weighted by Gasteiger charge is 2.19. The minimum atomic E-state index is -0.200. The molecule has 0 aromatic heterocycles. The number of piperidine rings is 1. The molecule has 1 saturated heterocycles. The number of nitrogens with one attached hydrogen (secondary N) is 1. The summed E-state index contributed by atoms with van der Waals surface area (Å²) in [5, 5.41) is 3.46. The monoisotopic (exact) mass is 286 g/mol. The number of carbonyl (C=O) groups excluding carboxylic acids is 1. The number of likely N-dealkylation sites (tertiary alicyclic amines) is 1. The van der Waals surface area contributed by atoms with Gasteiger partial charge in [0.05, 0.1) is 0 Å². The quantitative estimate of drug-likeness (QED) is 0.925. The predicted octanol–water partition coefficient (Wildman–Crippen LogP) is 2.35. The van der Waals surface area contributed by atoms with Crippen molar-refractivity contribution in [1.29, 1.82) is 0 Å². The fourth-order valence-electron chi connectivity index (χ4n) is 2.26. The van der Waals surface area contributed by atoms with Crippen LogP contribution in [0.1, 0.15) is 25.3 Å². The number of hydrogen-bond acceptors (Lipinski definition) is 2. The molecule has 1 aliphatic heterocycles. The fraction of sp³-hybridized carbons (Fsp3) is 0.500. The van der Waals surface area contributed by atoms with Gasteiger partial charge in [0.2, 0.25) is 5.91 Å². The van der Waals surface area contributed by atoms with E-state index in [9.17, 15) is 9.18 Å². The van der Waals surface area contributed by atoms with Crippen LogP contribution >= 0.6 is 12.4 Å². The third-order valence-corrected chi connectivity index (χ3v) is 3.45. The second-order valence-electron chi connectivity index (χ2n) is 4.79. The van der Waals surface area contributed by atoms with Gasteiger partial charge in [0.1, 0.15) is 5.82 Å². The number of nitrogens with zero attached hydrogens (tertiary/aromatic N) is 1. The van der Waals surface area contributed by atoms with Gasteiger partial charge in [0.15, 0.2) is 0 Å². The van der Waals surface area contributed by atoms with E-state index in [1.165, 1.54) is 12.1 Å². The molecule has 1 aromatic rings. The lowest BCUT2D eigenvalue weighted by molar-refractivity contribution is -0.129. The molecule has 0 bridgehead atoms. The summed E-state index contributed by atoms with van der Waals surface area (Å²) >= 11 is 0. The Morgan fingerprint density at radius 2 is 1.89 bits per heavy atom. The molecular weight excluding hydrogens is 267 g/mol. The largest absolute Gasteiger partial charge is 0.343 e. The average molecular weight is 287 g/mol. The van der Waals surface area contributed by atoms with E-state index in [4.69, 9.17) is 0 Å². The number of benzene rings is 1. The molecule has 1 amide bonds. The summed E-state index contributed by atoms with van der Waals surface area (Å²) in [6, 6.07) is 7.01. The van der Waals surface area contributed by atoms with Crippen LogP contribution in [0.5, 0.6) is 0 Å². The minimum absolute atomic E-state index is 0. The first kappa shape index (κ1) is 15.9. The topological polar surface area (TPSA) is 32.3 Å². The van der Waals surface area contributed by atoms with Crippen molar-refractivity contribution < 1.29 is 9.18 Å². The summed E-state index contributed by atoms with van der Waals surface area (Å²) in [6.45, 7) is 4.03. The first-order valence-electron chi connectivity index (χ1n) is 6.38. The Bertz CT molecular complexity index is 402. The smallest absolute Gasteiger partial charge is 0.219 e. The highest BCUT2D eigenvalue weighted by atomic mass is 35.5. The van der Waals surface area contributed by atoms with Crippen molar-refractivity contribution >= 4 is 18.3 Å². The molecule has 3 nitrogen and oxygen atoms in total. The Labute approximate surface area is 119 Å². The maximum Gasteiger partial charge on any atom is 0.219 e. The lowest BCUT2D eigenvalue weighted by Gasteiger charge is -2.31. The number of rotatable bonds is 3. The number of carbonyl (C=O) groups is 1. The van der Waals surface area contributed by atoms with Gasteiger partial charge < -0.3 is 10.2 Å². The van der Waals surface area contributed by atoms with E-state index >= 15 is 0 Å². The molecule has 1 aromatic carbocycles. The van der Waals surface area contributed by atoms with E-state index in [1.54, 1.807) is 19.1 Å². The Kier molecular flexibility index (Phi) is 6.25. The van der Waals surface area contributed by atoms with Gasteiger partial charge in [0.25, 0.3) is 0 Å². The first-order valence-corrected chi connectivity index (χ1v) is 6.38. The number of hydrogen-bond donors (Lipinski definition) is 1. The standard InChI is InChI=1S/C14H19FN2O.ClH/c1-11(18)17-8-6-14(7-9-17)16-10-12-2-4-13(15)5-3-12;/h2-5,14,16H,6-10H2,1H3;1H. The number of amides is 1. The van der Waals surface area contributed by atoms with E-state index in [2.05, 4.69) is 5.32 Å². The van der Waals surface area contributed by atoms with E-state index in [1.807, 2.05) is 4.90 Å². The van der Waals surface area contributed by atoms with Crippen LogP contribution in [0.25, 0.3) is 0 Å². The van der Waals surface area contributed by atoms with Crippen LogP contribution in [0.3, 0.4) is 0 Å². The predicted molar refractivity (Wildman–Crippen MR) is 75.8 cm³/mol. The van der Waals surface area contributed by atoms with Gasteiger partial charge in [-0.1, -0.05) is 12.1 Å². The van der Waals surface area contributed by atoms with Crippen LogP contribution in [-0.2, 0) is 11.3 Å². The van der Waals surface area contributed by atoms with Crippen LogP contribution < -0.4 is 5.32 Å². The Balaban J connectivity index is 0.00000180. The summed E-state index contributed by atoms with van der Waals surface area (Å²) in [5.41, 5.74) is 1.09. The minimum Gasteiger partial charge on any atom is -0.343 e. The Hall–Kier alpha value is -1.13.